The lowest BCUT2D eigenvalue weighted by atomic mass is 10.4. The highest BCUT2D eigenvalue weighted by molar-refractivity contribution is 9.09. The van der Waals surface area contributed by atoms with Gasteiger partial charge in [0.05, 0.1) is 18.2 Å². The van der Waals surface area contributed by atoms with Crippen LogP contribution in [0.25, 0.3) is 0 Å². The Hall–Kier alpha value is 0.400. The van der Waals surface area contributed by atoms with Gasteiger partial charge in [0.15, 0.2) is 0 Å². The van der Waals surface area contributed by atoms with Crippen molar-refractivity contribution in [2.45, 2.75) is 18.3 Å². The summed E-state index contributed by atoms with van der Waals surface area (Å²) >= 11 is 3.61. The fourth-order valence-electron chi connectivity index (χ4n) is 1.12. The van der Waals surface area contributed by atoms with Crippen LogP contribution in [0, 0.1) is 0 Å². The molecule has 0 aromatic rings. The zero-order valence-electron chi connectivity index (χ0n) is 6.35. The van der Waals surface area contributed by atoms with Crippen molar-refractivity contribution >= 4 is 15.9 Å². The van der Waals surface area contributed by atoms with Gasteiger partial charge in [0, 0.05) is 13.1 Å². The molecule has 0 aromatic heterocycles. The van der Waals surface area contributed by atoms with Gasteiger partial charge in [-0.3, -0.25) is 4.90 Å². The first-order valence-corrected chi connectivity index (χ1v) is 4.72. The van der Waals surface area contributed by atoms with Crippen molar-refractivity contribution in [3.8, 4) is 0 Å². The average molecular weight is 208 g/mol. The minimum atomic E-state index is 0.552. The minimum Gasteiger partial charge on any atom is -0.379 e. The number of morpholine rings is 1. The zero-order valence-corrected chi connectivity index (χ0v) is 7.93. The molecule has 0 spiro atoms. The van der Waals surface area contributed by atoms with Crippen molar-refractivity contribution in [3.63, 3.8) is 0 Å². The highest BCUT2D eigenvalue weighted by Gasteiger charge is 2.15. The van der Waals surface area contributed by atoms with Gasteiger partial charge in [0.1, 0.15) is 0 Å². The molecule has 0 saturated carbocycles. The number of nitrogens with zero attached hydrogens (tertiary/aromatic N) is 1. The maximum atomic E-state index is 5.23. The number of ether oxygens (including phenoxy) is 1. The Kier molecular flexibility index (Phi) is 3.66. The third-order valence-electron chi connectivity index (χ3n) is 1.78. The Morgan fingerprint density at radius 1 is 1.50 bits per heavy atom. The summed E-state index contributed by atoms with van der Waals surface area (Å²) in [7, 11) is 0. The van der Waals surface area contributed by atoms with Gasteiger partial charge in [-0.25, -0.2) is 0 Å². The van der Waals surface area contributed by atoms with E-state index >= 15 is 0 Å². The SMILES string of the molecule is CCC(Br)N1CCOCC1. The molecule has 0 amide bonds. The van der Waals surface area contributed by atoms with E-state index in [4.69, 9.17) is 4.74 Å². The minimum absolute atomic E-state index is 0.552. The molecule has 0 aromatic carbocycles. The van der Waals surface area contributed by atoms with Crippen LogP contribution in [0.2, 0.25) is 0 Å². The summed E-state index contributed by atoms with van der Waals surface area (Å²) in [6, 6.07) is 0. The molecule has 0 aliphatic carbocycles. The smallest absolute Gasteiger partial charge is 0.0654 e. The van der Waals surface area contributed by atoms with Crippen LogP contribution in [0.3, 0.4) is 0 Å². The van der Waals surface area contributed by atoms with Gasteiger partial charge in [0.25, 0.3) is 0 Å². The molecule has 1 aliphatic heterocycles. The Balaban J connectivity index is 2.24. The summed E-state index contributed by atoms with van der Waals surface area (Å²) in [4.78, 5) is 2.96. The predicted molar refractivity (Wildman–Crippen MR) is 45.4 cm³/mol. The van der Waals surface area contributed by atoms with E-state index in [0.717, 1.165) is 26.3 Å². The maximum absolute atomic E-state index is 5.23. The Labute approximate surface area is 70.7 Å². The van der Waals surface area contributed by atoms with Crippen LogP contribution in [-0.2, 0) is 4.74 Å². The number of hydrogen-bond donors (Lipinski definition) is 0. The summed E-state index contributed by atoms with van der Waals surface area (Å²) in [5.74, 6) is 0. The second-order valence-electron chi connectivity index (χ2n) is 2.49. The summed E-state index contributed by atoms with van der Waals surface area (Å²) in [6.45, 7) is 6.12. The topological polar surface area (TPSA) is 12.5 Å². The maximum Gasteiger partial charge on any atom is 0.0654 e. The first-order valence-electron chi connectivity index (χ1n) is 3.80. The van der Waals surface area contributed by atoms with Gasteiger partial charge < -0.3 is 4.74 Å². The summed E-state index contributed by atoms with van der Waals surface area (Å²) < 4.78 is 5.23. The van der Waals surface area contributed by atoms with E-state index in [0.29, 0.717) is 4.95 Å². The Bertz CT molecular complexity index is 93.6. The molecular formula is C7H14BrNO. The van der Waals surface area contributed by atoms with Gasteiger partial charge in [-0.2, -0.15) is 0 Å². The molecule has 1 fully saturated rings. The Morgan fingerprint density at radius 3 is 2.60 bits per heavy atom. The third-order valence-corrected chi connectivity index (χ3v) is 3.01. The number of halogens is 1. The summed E-state index contributed by atoms with van der Waals surface area (Å²) in [5.41, 5.74) is 0. The molecular weight excluding hydrogens is 194 g/mol. The number of hydrogen-bond acceptors (Lipinski definition) is 2. The number of alkyl halides is 1. The van der Waals surface area contributed by atoms with E-state index in [1.807, 2.05) is 0 Å². The molecule has 1 unspecified atom stereocenters. The van der Waals surface area contributed by atoms with Crippen LogP contribution < -0.4 is 0 Å². The number of rotatable bonds is 2. The van der Waals surface area contributed by atoms with Gasteiger partial charge in [-0.05, 0) is 6.42 Å². The van der Waals surface area contributed by atoms with E-state index in [1.54, 1.807) is 0 Å². The molecule has 1 saturated heterocycles. The van der Waals surface area contributed by atoms with Crippen LogP contribution in [0.4, 0.5) is 0 Å². The second-order valence-corrected chi connectivity index (χ2v) is 3.55. The molecule has 1 atom stereocenters. The molecule has 1 aliphatic rings. The van der Waals surface area contributed by atoms with Crippen LogP contribution in [-0.4, -0.2) is 36.2 Å². The third kappa shape index (κ3) is 2.22. The molecule has 0 bridgehead atoms. The van der Waals surface area contributed by atoms with Gasteiger partial charge in [-0.1, -0.05) is 22.9 Å². The van der Waals surface area contributed by atoms with Crippen molar-refractivity contribution in [2.75, 3.05) is 26.3 Å². The first-order chi connectivity index (χ1) is 4.84. The van der Waals surface area contributed by atoms with E-state index in [2.05, 4.69) is 27.8 Å². The van der Waals surface area contributed by atoms with Crippen molar-refractivity contribution in [3.05, 3.63) is 0 Å². The predicted octanol–water partition coefficient (Wildman–Crippen LogP) is 1.45. The van der Waals surface area contributed by atoms with Gasteiger partial charge >= 0.3 is 0 Å². The summed E-state index contributed by atoms with van der Waals surface area (Å²) in [5, 5.41) is 0. The van der Waals surface area contributed by atoms with E-state index in [-0.39, 0.29) is 0 Å². The standard InChI is InChI=1S/C7H14BrNO/c1-2-7(8)9-3-5-10-6-4-9/h7H,2-6H2,1H3. The Morgan fingerprint density at radius 2 is 2.10 bits per heavy atom. The normalized spacial score (nSPS) is 24.6. The fourth-order valence-corrected chi connectivity index (χ4v) is 1.53. The monoisotopic (exact) mass is 207 g/mol. The second kappa shape index (κ2) is 4.31. The summed E-state index contributed by atoms with van der Waals surface area (Å²) in [6.07, 6.45) is 1.17. The first kappa shape index (κ1) is 8.50. The van der Waals surface area contributed by atoms with Crippen LogP contribution in [0.5, 0.6) is 0 Å². The van der Waals surface area contributed by atoms with Crippen LogP contribution in [0.15, 0.2) is 0 Å². The van der Waals surface area contributed by atoms with Gasteiger partial charge in [-0.15, -0.1) is 0 Å². The molecule has 1 heterocycles. The van der Waals surface area contributed by atoms with E-state index < -0.39 is 0 Å². The lowest BCUT2D eigenvalue weighted by Crippen LogP contribution is -2.40. The molecule has 2 nitrogen and oxygen atoms in total. The molecule has 3 heteroatoms. The largest absolute Gasteiger partial charge is 0.379 e. The van der Waals surface area contributed by atoms with Crippen LogP contribution in [0.1, 0.15) is 13.3 Å². The molecule has 60 valence electrons. The van der Waals surface area contributed by atoms with Crippen LogP contribution >= 0.6 is 15.9 Å². The zero-order chi connectivity index (χ0) is 7.40. The van der Waals surface area contributed by atoms with Crippen molar-refractivity contribution < 1.29 is 4.74 Å². The quantitative estimate of drug-likeness (QED) is 0.503. The highest BCUT2D eigenvalue weighted by atomic mass is 79.9. The average Bonchev–Trinajstić information content (AvgIpc) is 2.05. The van der Waals surface area contributed by atoms with Crippen molar-refractivity contribution in [1.29, 1.82) is 0 Å². The van der Waals surface area contributed by atoms with Gasteiger partial charge in [0.2, 0.25) is 0 Å². The van der Waals surface area contributed by atoms with E-state index in [1.165, 1.54) is 6.42 Å². The van der Waals surface area contributed by atoms with E-state index in [9.17, 15) is 0 Å². The molecule has 10 heavy (non-hydrogen) atoms. The molecule has 1 rings (SSSR count). The lowest BCUT2D eigenvalue weighted by Gasteiger charge is -2.30. The van der Waals surface area contributed by atoms with Crippen molar-refractivity contribution in [2.24, 2.45) is 0 Å². The lowest BCUT2D eigenvalue weighted by molar-refractivity contribution is 0.0332. The molecule has 0 N–H and O–H groups in total. The van der Waals surface area contributed by atoms with Crippen molar-refractivity contribution in [1.82, 2.24) is 4.90 Å². The molecule has 0 radical (unpaired) electrons. The highest BCUT2D eigenvalue weighted by Crippen LogP contribution is 2.12. The fraction of sp³-hybridized carbons (Fsp3) is 1.00.